The number of likely N-dealkylation sites (tertiary alicyclic amines) is 1. The Morgan fingerprint density at radius 1 is 1.08 bits per heavy atom. The van der Waals surface area contributed by atoms with E-state index in [0.29, 0.717) is 6.04 Å². The lowest BCUT2D eigenvalue weighted by Crippen LogP contribution is -2.51. The van der Waals surface area contributed by atoms with Crippen molar-refractivity contribution in [2.24, 2.45) is 0 Å². The number of hydrogen-bond acceptors (Lipinski definition) is 3. The van der Waals surface area contributed by atoms with E-state index in [4.69, 9.17) is 4.74 Å². The number of nitrogens with one attached hydrogen (secondary N) is 1. The minimum Gasteiger partial charge on any atom is -0.378 e. The zero-order valence-electron chi connectivity index (χ0n) is 8.04. The molecule has 74 valence electrons. The molecule has 3 nitrogen and oxygen atoms in total. The maximum absolute atomic E-state index is 5.16. The smallest absolute Gasteiger partial charge is 0.0643 e. The van der Waals surface area contributed by atoms with Crippen LogP contribution in [0.4, 0.5) is 0 Å². The molecule has 1 saturated carbocycles. The topological polar surface area (TPSA) is 24.5 Å². The fraction of sp³-hybridized carbons (Fsp3) is 1.00. The Hall–Kier alpha value is -0.120. The number of rotatable bonds is 3. The molecule has 2 aliphatic heterocycles. The first-order chi connectivity index (χ1) is 6.42. The van der Waals surface area contributed by atoms with Crippen molar-refractivity contribution < 1.29 is 4.74 Å². The number of ether oxygens (including phenoxy) is 1. The first-order valence-corrected chi connectivity index (χ1v) is 5.49. The fourth-order valence-electron chi connectivity index (χ4n) is 2.36. The average molecular weight is 182 g/mol. The van der Waals surface area contributed by atoms with Crippen molar-refractivity contribution in [1.82, 2.24) is 10.2 Å². The van der Waals surface area contributed by atoms with Crippen LogP contribution in [0, 0.1) is 0 Å². The normalized spacial score (nSPS) is 36.5. The first kappa shape index (κ1) is 8.21. The maximum Gasteiger partial charge on any atom is 0.0643 e. The lowest BCUT2D eigenvalue weighted by atomic mass is 10.2. The van der Waals surface area contributed by atoms with Crippen LogP contribution in [-0.4, -0.2) is 49.3 Å². The van der Waals surface area contributed by atoms with Gasteiger partial charge in [-0.2, -0.15) is 0 Å². The van der Waals surface area contributed by atoms with Crippen molar-refractivity contribution in [1.29, 1.82) is 0 Å². The molecule has 0 spiro atoms. The number of nitrogens with zero attached hydrogens (tertiary/aromatic N) is 1. The van der Waals surface area contributed by atoms with Crippen molar-refractivity contribution >= 4 is 0 Å². The summed E-state index contributed by atoms with van der Waals surface area (Å²) in [7, 11) is 0. The Morgan fingerprint density at radius 3 is 2.54 bits per heavy atom. The molecule has 0 radical (unpaired) electrons. The van der Waals surface area contributed by atoms with Gasteiger partial charge < -0.3 is 10.1 Å². The van der Waals surface area contributed by atoms with Crippen LogP contribution in [-0.2, 0) is 4.74 Å². The molecule has 3 heteroatoms. The highest BCUT2D eigenvalue weighted by atomic mass is 16.5. The van der Waals surface area contributed by atoms with Crippen LogP contribution in [0.25, 0.3) is 0 Å². The van der Waals surface area contributed by atoms with Crippen LogP contribution in [0.1, 0.15) is 19.3 Å². The molecule has 0 amide bonds. The van der Waals surface area contributed by atoms with E-state index in [2.05, 4.69) is 10.2 Å². The van der Waals surface area contributed by atoms with Crippen molar-refractivity contribution in [3.05, 3.63) is 0 Å². The highest BCUT2D eigenvalue weighted by Gasteiger charge is 2.35. The van der Waals surface area contributed by atoms with Gasteiger partial charge in [0.05, 0.1) is 19.3 Å². The van der Waals surface area contributed by atoms with Crippen LogP contribution in [0.2, 0.25) is 0 Å². The Kier molecular flexibility index (Phi) is 2.04. The molecule has 0 aromatic carbocycles. The Labute approximate surface area is 79.4 Å². The average Bonchev–Trinajstić information content (AvgIpc) is 2.80. The Balaban J connectivity index is 1.45. The molecule has 1 atom stereocenters. The standard InChI is InChI=1S/C10H18N2O/c1-2-10(1)12-4-3-8(5-12)11-9-6-13-7-9/h8-11H,1-7H2. The first-order valence-electron chi connectivity index (χ1n) is 5.49. The van der Waals surface area contributed by atoms with Gasteiger partial charge in [-0.25, -0.2) is 0 Å². The third-order valence-corrected chi connectivity index (χ3v) is 3.39. The second-order valence-corrected chi connectivity index (χ2v) is 4.61. The molecular weight excluding hydrogens is 164 g/mol. The SMILES string of the molecule is C1CN(C2CC2)CC1NC1COC1. The minimum atomic E-state index is 0.657. The van der Waals surface area contributed by atoms with E-state index in [1.807, 2.05) is 0 Å². The van der Waals surface area contributed by atoms with Crippen LogP contribution >= 0.6 is 0 Å². The highest BCUT2D eigenvalue weighted by Crippen LogP contribution is 2.29. The van der Waals surface area contributed by atoms with Gasteiger partial charge in [0.25, 0.3) is 0 Å². The Bertz CT molecular complexity index is 189. The van der Waals surface area contributed by atoms with Gasteiger partial charge in [-0.05, 0) is 19.3 Å². The molecule has 2 heterocycles. The summed E-state index contributed by atoms with van der Waals surface area (Å²) < 4.78 is 5.16. The summed E-state index contributed by atoms with van der Waals surface area (Å²) >= 11 is 0. The van der Waals surface area contributed by atoms with E-state index in [9.17, 15) is 0 Å². The zero-order valence-corrected chi connectivity index (χ0v) is 8.04. The predicted octanol–water partition coefficient (Wildman–Crippen LogP) is 0.211. The van der Waals surface area contributed by atoms with Crippen LogP contribution in [0.5, 0.6) is 0 Å². The lowest BCUT2D eigenvalue weighted by Gasteiger charge is -2.30. The Morgan fingerprint density at radius 2 is 1.92 bits per heavy atom. The van der Waals surface area contributed by atoms with E-state index in [1.54, 1.807) is 0 Å². The molecule has 0 aromatic rings. The summed E-state index contributed by atoms with van der Waals surface area (Å²) in [5.74, 6) is 0. The third kappa shape index (κ3) is 1.73. The minimum absolute atomic E-state index is 0.657. The molecule has 1 N–H and O–H groups in total. The lowest BCUT2D eigenvalue weighted by molar-refractivity contribution is -0.00951. The summed E-state index contributed by atoms with van der Waals surface area (Å²) in [6.07, 6.45) is 4.23. The molecule has 0 aromatic heterocycles. The van der Waals surface area contributed by atoms with Gasteiger partial charge in [0.15, 0.2) is 0 Å². The molecule has 0 bridgehead atoms. The zero-order chi connectivity index (χ0) is 8.67. The summed E-state index contributed by atoms with van der Waals surface area (Å²) in [4.78, 5) is 2.65. The van der Waals surface area contributed by atoms with Crippen LogP contribution in [0.3, 0.4) is 0 Å². The maximum atomic E-state index is 5.16. The molecule has 13 heavy (non-hydrogen) atoms. The van der Waals surface area contributed by atoms with E-state index >= 15 is 0 Å². The van der Waals surface area contributed by atoms with E-state index < -0.39 is 0 Å². The molecular formula is C10H18N2O. The molecule has 1 aliphatic carbocycles. The summed E-state index contributed by atoms with van der Waals surface area (Å²) in [5, 5.41) is 3.66. The molecule has 3 fully saturated rings. The van der Waals surface area contributed by atoms with Crippen molar-refractivity contribution in [2.45, 2.75) is 37.4 Å². The van der Waals surface area contributed by atoms with Gasteiger partial charge in [-0.15, -0.1) is 0 Å². The second kappa shape index (κ2) is 3.23. The predicted molar refractivity (Wildman–Crippen MR) is 50.7 cm³/mol. The van der Waals surface area contributed by atoms with Crippen molar-refractivity contribution in [2.75, 3.05) is 26.3 Å². The summed E-state index contributed by atoms with van der Waals surface area (Å²) in [6.45, 7) is 4.46. The van der Waals surface area contributed by atoms with E-state index in [1.165, 1.54) is 32.4 Å². The van der Waals surface area contributed by atoms with Gasteiger partial charge in [0.1, 0.15) is 0 Å². The largest absolute Gasteiger partial charge is 0.378 e. The van der Waals surface area contributed by atoms with E-state index in [-0.39, 0.29) is 0 Å². The van der Waals surface area contributed by atoms with Gasteiger partial charge in [0.2, 0.25) is 0 Å². The highest BCUT2D eigenvalue weighted by molar-refractivity contribution is 4.93. The molecule has 3 aliphatic rings. The third-order valence-electron chi connectivity index (χ3n) is 3.39. The van der Waals surface area contributed by atoms with Crippen LogP contribution < -0.4 is 5.32 Å². The van der Waals surface area contributed by atoms with Gasteiger partial charge >= 0.3 is 0 Å². The van der Waals surface area contributed by atoms with Crippen LogP contribution in [0.15, 0.2) is 0 Å². The van der Waals surface area contributed by atoms with Gasteiger partial charge in [0, 0.05) is 25.2 Å². The molecule has 1 unspecified atom stereocenters. The van der Waals surface area contributed by atoms with Gasteiger partial charge in [-0.1, -0.05) is 0 Å². The molecule has 3 rings (SSSR count). The van der Waals surface area contributed by atoms with Crippen molar-refractivity contribution in [3.8, 4) is 0 Å². The summed E-state index contributed by atoms with van der Waals surface area (Å²) in [5.41, 5.74) is 0. The quantitative estimate of drug-likeness (QED) is 0.675. The molecule has 2 saturated heterocycles. The van der Waals surface area contributed by atoms with Crippen molar-refractivity contribution in [3.63, 3.8) is 0 Å². The number of hydrogen-bond donors (Lipinski definition) is 1. The summed E-state index contributed by atoms with van der Waals surface area (Å²) in [6, 6.07) is 2.35. The van der Waals surface area contributed by atoms with E-state index in [0.717, 1.165) is 25.3 Å². The fourth-order valence-corrected chi connectivity index (χ4v) is 2.36. The second-order valence-electron chi connectivity index (χ2n) is 4.61. The monoisotopic (exact) mass is 182 g/mol. The van der Waals surface area contributed by atoms with Gasteiger partial charge in [-0.3, -0.25) is 4.90 Å².